The number of ether oxygens (including phenoxy) is 1. The molecule has 2 aromatic carbocycles. The Hall–Kier alpha value is -3.44. The van der Waals surface area contributed by atoms with Gasteiger partial charge in [0.1, 0.15) is 5.65 Å². The first-order valence-electron chi connectivity index (χ1n) is 10.6. The minimum absolute atomic E-state index is 0.0200. The molecule has 1 aliphatic rings. The van der Waals surface area contributed by atoms with E-state index >= 15 is 0 Å². The Kier molecular flexibility index (Phi) is 5.26. The molecule has 5 heteroatoms. The first-order chi connectivity index (χ1) is 15.2. The second-order valence-corrected chi connectivity index (χ2v) is 8.02. The van der Waals surface area contributed by atoms with Crippen LogP contribution in [0.15, 0.2) is 77.7 Å². The Morgan fingerprint density at radius 2 is 1.74 bits per heavy atom. The van der Waals surface area contributed by atoms with E-state index in [0.29, 0.717) is 30.2 Å². The fraction of sp³-hybridized carbons (Fsp3) is 0.231. The molecule has 156 valence electrons. The molecule has 5 nitrogen and oxygen atoms in total. The molecule has 0 fully saturated rings. The summed E-state index contributed by atoms with van der Waals surface area (Å²) < 4.78 is 7.39. The lowest BCUT2D eigenvalue weighted by molar-refractivity contribution is 0.188. The summed E-state index contributed by atoms with van der Waals surface area (Å²) in [7, 11) is 1.68. The van der Waals surface area contributed by atoms with Crippen molar-refractivity contribution < 1.29 is 4.74 Å². The molecule has 0 bridgehead atoms. The third-order valence-electron chi connectivity index (χ3n) is 5.96. The number of hydrogen-bond acceptors (Lipinski definition) is 4. The smallest absolute Gasteiger partial charge is 0.191 e. The number of nitrogens with zero attached hydrogens (tertiary/aromatic N) is 2. The molecule has 0 atom stereocenters. The number of anilines is 1. The van der Waals surface area contributed by atoms with Gasteiger partial charge in [-0.25, -0.2) is 4.98 Å². The summed E-state index contributed by atoms with van der Waals surface area (Å²) in [6.07, 6.45) is 3.81. The van der Waals surface area contributed by atoms with E-state index in [0.717, 1.165) is 29.8 Å². The first kappa shape index (κ1) is 19.5. The summed E-state index contributed by atoms with van der Waals surface area (Å²) in [6, 6.07) is 22.5. The van der Waals surface area contributed by atoms with Crippen molar-refractivity contribution in [2.24, 2.45) is 0 Å². The van der Waals surface area contributed by atoms with Crippen LogP contribution in [0.1, 0.15) is 11.1 Å². The number of methoxy groups -OCH3 is 1. The molecule has 0 saturated heterocycles. The van der Waals surface area contributed by atoms with E-state index in [2.05, 4.69) is 34.1 Å². The van der Waals surface area contributed by atoms with Crippen molar-refractivity contribution in [2.45, 2.75) is 25.4 Å². The highest BCUT2D eigenvalue weighted by molar-refractivity contribution is 5.82. The zero-order chi connectivity index (χ0) is 21.2. The normalized spacial score (nSPS) is 13.5. The third kappa shape index (κ3) is 3.84. The zero-order valence-corrected chi connectivity index (χ0v) is 17.5. The second-order valence-electron chi connectivity index (χ2n) is 8.02. The highest BCUT2D eigenvalue weighted by Crippen LogP contribution is 2.26. The monoisotopic (exact) mass is 411 g/mol. The lowest BCUT2D eigenvalue weighted by Gasteiger charge is -2.18. The van der Waals surface area contributed by atoms with Gasteiger partial charge in [-0.15, -0.1) is 0 Å². The van der Waals surface area contributed by atoms with E-state index in [1.807, 2.05) is 42.6 Å². The molecule has 31 heavy (non-hydrogen) atoms. The molecule has 0 spiro atoms. The van der Waals surface area contributed by atoms with Crippen LogP contribution in [0, 0.1) is 0 Å². The van der Waals surface area contributed by atoms with Gasteiger partial charge in [-0.2, -0.15) is 0 Å². The fourth-order valence-corrected chi connectivity index (χ4v) is 4.48. The highest BCUT2D eigenvalue weighted by Gasteiger charge is 2.21. The van der Waals surface area contributed by atoms with Gasteiger partial charge in [-0.3, -0.25) is 4.79 Å². The van der Waals surface area contributed by atoms with Crippen molar-refractivity contribution in [1.29, 1.82) is 0 Å². The summed E-state index contributed by atoms with van der Waals surface area (Å²) in [5.41, 5.74) is 6.18. The van der Waals surface area contributed by atoms with E-state index in [9.17, 15) is 4.79 Å². The molecule has 2 aromatic heterocycles. The molecule has 1 aliphatic carbocycles. The molecule has 1 N–H and O–H groups in total. The Labute approximate surface area is 181 Å². The van der Waals surface area contributed by atoms with Gasteiger partial charge in [0.25, 0.3) is 0 Å². The van der Waals surface area contributed by atoms with Crippen LogP contribution in [0.25, 0.3) is 22.3 Å². The van der Waals surface area contributed by atoms with Gasteiger partial charge in [0, 0.05) is 25.8 Å². The largest absolute Gasteiger partial charge is 0.383 e. The third-order valence-corrected chi connectivity index (χ3v) is 5.96. The van der Waals surface area contributed by atoms with Gasteiger partial charge in [-0.1, -0.05) is 54.6 Å². The summed E-state index contributed by atoms with van der Waals surface area (Å²) in [4.78, 5) is 17.8. The quantitative estimate of drug-likeness (QED) is 0.514. The maximum Gasteiger partial charge on any atom is 0.191 e. The van der Waals surface area contributed by atoms with Crippen LogP contribution in [-0.4, -0.2) is 29.3 Å². The van der Waals surface area contributed by atoms with Gasteiger partial charge in [0.2, 0.25) is 0 Å². The van der Waals surface area contributed by atoms with Crippen molar-refractivity contribution in [2.75, 3.05) is 19.0 Å². The molecular weight excluding hydrogens is 386 g/mol. The van der Waals surface area contributed by atoms with E-state index in [1.54, 1.807) is 13.2 Å². The molecular formula is C26H25N3O2. The van der Waals surface area contributed by atoms with Gasteiger partial charge in [0.15, 0.2) is 5.43 Å². The number of rotatable bonds is 6. The van der Waals surface area contributed by atoms with Crippen LogP contribution in [0.4, 0.5) is 5.69 Å². The number of benzene rings is 2. The Morgan fingerprint density at radius 1 is 1.03 bits per heavy atom. The van der Waals surface area contributed by atoms with E-state index in [-0.39, 0.29) is 5.43 Å². The molecule has 0 aliphatic heterocycles. The number of pyridine rings is 2. The average Bonchev–Trinajstić information content (AvgIpc) is 3.21. The summed E-state index contributed by atoms with van der Waals surface area (Å²) in [5.74, 6) is 0. The van der Waals surface area contributed by atoms with Crippen LogP contribution in [-0.2, 0) is 24.1 Å². The fourth-order valence-electron chi connectivity index (χ4n) is 4.48. The predicted molar refractivity (Wildman–Crippen MR) is 125 cm³/mol. The molecule has 0 unspecified atom stereocenters. The molecule has 5 rings (SSSR count). The van der Waals surface area contributed by atoms with Crippen molar-refractivity contribution in [3.63, 3.8) is 0 Å². The number of aromatic nitrogens is 2. The molecule has 4 aromatic rings. The number of hydrogen-bond donors (Lipinski definition) is 1. The van der Waals surface area contributed by atoms with Gasteiger partial charge in [-0.05, 0) is 35.6 Å². The molecule has 0 radical (unpaired) electrons. The minimum atomic E-state index is -0.0200. The Balaban J connectivity index is 1.52. The van der Waals surface area contributed by atoms with Crippen molar-refractivity contribution in [3.05, 3.63) is 94.3 Å². The average molecular weight is 412 g/mol. The lowest BCUT2D eigenvalue weighted by Crippen LogP contribution is -2.20. The molecule has 0 saturated carbocycles. The van der Waals surface area contributed by atoms with E-state index < -0.39 is 0 Å². The van der Waals surface area contributed by atoms with E-state index in [4.69, 9.17) is 9.72 Å². The standard InChI is InChI=1S/C26H25N3O2/c1-31-12-11-29-24(18-7-3-2-4-8-18)16-25(30)23-15-22(17-27-26(23)29)28-21-13-19-9-5-6-10-20(19)14-21/h2-10,15-17,21,28H,11-14H2,1H3. The van der Waals surface area contributed by atoms with Crippen LogP contribution < -0.4 is 10.7 Å². The summed E-state index contributed by atoms with van der Waals surface area (Å²) >= 11 is 0. The van der Waals surface area contributed by atoms with Crippen molar-refractivity contribution in [3.8, 4) is 11.3 Å². The van der Waals surface area contributed by atoms with Gasteiger partial charge < -0.3 is 14.6 Å². The Morgan fingerprint density at radius 3 is 2.45 bits per heavy atom. The zero-order valence-electron chi connectivity index (χ0n) is 17.5. The summed E-state index contributed by atoms with van der Waals surface area (Å²) in [6.45, 7) is 1.16. The van der Waals surface area contributed by atoms with Crippen LogP contribution in [0.3, 0.4) is 0 Å². The maximum atomic E-state index is 13.1. The lowest BCUT2D eigenvalue weighted by atomic mass is 10.1. The minimum Gasteiger partial charge on any atom is -0.383 e. The van der Waals surface area contributed by atoms with Gasteiger partial charge >= 0.3 is 0 Å². The Bertz CT molecular complexity index is 1260. The first-order valence-corrected chi connectivity index (χ1v) is 10.6. The van der Waals surface area contributed by atoms with Crippen LogP contribution >= 0.6 is 0 Å². The van der Waals surface area contributed by atoms with Crippen LogP contribution in [0.2, 0.25) is 0 Å². The van der Waals surface area contributed by atoms with E-state index in [1.165, 1.54) is 11.1 Å². The van der Waals surface area contributed by atoms with Crippen molar-refractivity contribution in [1.82, 2.24) is 9.55 Å². The summed E-state index contributed by atoms with van der Waals surface area (Å²) in [5, 5.41) is 4.20. The van der Waals surface area contributed by atoms with Crippen LogP contribution in [0.5, 0.6) is 0 Å². The van der Waals surface area contributed by atoms with Gasteiger partial charge in [0.05, 0.1) is 29.6 Å². The SMILES string of the molecule is COCCn1c(-c2ccccc2)cc(=O)c2cc(NC3Cc4ccccc4C3)cnc21. The molecule has 2 heterocycles. The maximum absolute atomic E-state index is 13.1. The number of nitrogens with one attached hydrogen (secondary N) is 1. The van der Waals surface area contributed by atoms with Crippen molar-refractivity contribution >= 4 is 16.7 Å². The number of fused-ring (bicyclic) bond motifs is 2. The second kappa shape index (κ2) is 8.36. The highest BCUT2D eigenvalue weighted by atomic mass is 16.5. The molecule has 0 amide bonds. The predicted octanol–water partition coefficient (Wildman–Crippen LogP) is 4.29. The topological polar surface area (TPSA) is 56.1 Å².